The quantitative estimate of drug-likeness (QED) is 0.570. The summed E-state index contributed by atoms with van der Waals surface area (Å²) in [5.74, 6) is 0.620. The van der Waals surface area contributed by atoms with Crippen LogP contribution in [0.5, 0.6) is 5.75 Å². The number of rotatable bonds is 5. The number of halogens is 1. The third-order valence-corrected chi connectivity index (χ3v) is 2.70. The van der Waals surface area contributed by atoms with Crippen molar-refractivity contribution in [1.82, 2.24) is 5.32 Å². The molecule has 19 heavy (non-hydrogen) atoms. The Hall–Kier alpha value is -2.30. The predicted molar refractivity (Wildman–Crippen MR) is 74.2 cm³/mol. The Kier molecular flexibility index (Phi) is 4.18. The average molecular weight is 261 g/mol. The van der Waals surface area contributed by atoms with Crippen molar-refractivity contribution >= 4 is 16.7 Å². The van der Waals surface area contributed by atoms with Crippen molar-refractivity contribution in [2.45, 2.75) is 6.54 Å². The van der Waals surface area contributed by atoms with Gasteiger partial charge < -0.3 is 15.8 Å². The van der Waals surface area contributed by atoms with Gasteiger partial charge in [-0.1, -0.05) is 18.2 Å². The highest BCUT2D eigenvalue weighted by Crippen LogP contribution is 2.22. The van der Waals surface area contributed by atoms with Crippen LogP contribution in [0.1, 0.15) is 5.56 Å². The number of guanidine groups is 1. The van der Waals surface area contributed by atoms with Crippen LogP contribution < -0.4 is 15.8 Å². The Bertz CT molecular complexity index is 586. The van der Waals surface area contributed by atoms with E-state index >= 15 is 0 Å². The van der Waals surface area contributed by atoms with Crippen LogP contribution in [0.25, 0.3) is 10.8 Å². The van der Waals surface area contributed by atoms with Gasteiger partial charge in [-0.25, -0.2) is 4.39 Å². The molecular weight excluding hydrogens is 245 g/mol. The van der Waals surface area contributed by atoms with Gasteiger partial charge in [0, 0.05) is 6.54 Å². The number of ether oxygens (including phenoxy) is 1. The highest BCUT2D eigenvalue weighted by atomic mass is 19.1. The smallest absolute Gasteiger partial charge is 0.185 e. The highest BCUT2D eigenvalue weighted by molar-refractivity contribution is 5.84. The SMILES string of the molecule is N=C(N)NCc1ccc2cc(OCCF)ccc2c1. The minimum absolute atomic E-state index is 0.0462. The molecule has 0 aliphatic heterocycles. The van der Waals surface area contributed by atoms with E-state index in [0.29, 0.717) is 12.3 Å². The summed E-state index contributed by atoms with van der Waals surface area (Å²) >= 11 is 0. The Morgan fingerprint density at radius 3 is 2.68 bits per heavy atom. The summed E-state index contributed by atoms with van der Waals surface area (Å²) in [6.07, 6.45) is 0. The second-order valence-electron chi connectivity index (χ2n) is 4.15. The average Bonchev–Trinajstić information content (AvgIpc) is 2.42. The van der Waals surface area contributed by atoms with Gasteiger partial charge in [-0.3, -0.25) is 5.41 Å². The van der Waals surface area contributed by atoms with Crippen LogP contribution in [0.2, 0.25) is 0 Å². The third-order valence-electron chi connectivity index (χ3n) is 2.70. The summed E-state index contributed by atoms with van der Waals surface area (Å²) in [4.78, 5) is 0. The van der Waals surface area contributed by atoms with Crippen molar-refractivity contribution in [2.24, 2.45) is 5.73 Å². The minimum Gasteiger partial charge on any atom is -0.491 e. The van der Waals surface area contributed by atoms with Gasteiger partial charge in [0.15, 0.2) is 5.96 Å². The molecule has 0 saturated carbocycles. The summed E-state index contributed by atoms with van der Waals surface area (Å²) < 4.78 is 17.3. The zero-order chi connectivity index (χ0) is 13.7. The van der Waals surface area contributed by atoms with Crippen molar-refractivity contribution in [3.05, 3.63) is 42.0 Å². The molecule has 2 aromatic carbocycles. The fourth-order valence-corrected chi connectivity index (χ4v) is 1.83. The minimum atomic E-state index is -0.492. The van der Waals surface area contributed by atoms with Gasteiger partial charge in [-0.15, -0.1) is 0 Å². The first-order valence-electron chi connectivity index (χ1n) is 5.98. The van der Waals surface area contributed by atoms with Gasteiger partial charge in [0.1, 0.15) is 19.0 Å². The predicted octanol–water partition coefficient (Wildman–Crippen LogP) is 2.17. The normalized spacial score (nSPS) is 10.4. The van der Waals surface area contributed by atoms with E-state index in [1.165, 1.54) is 0 Å². The summed E-state index contributed by atoms with van der Waals surface area (Å²) in [7, 11) is 0. The molecule has 0 aromatic heterocycles. The molecule has 0 spiro atoms. The molecule has 0 bridgehead atoms. The zero-order valence-electron chi connectivity index (χ0n) is 10.4. The van der Waals surface area contributed by atoms with Gasteiger partial charge in [-0.05, 0) is 34.5 Å². The molecule has 0 heterocycles. The van der Waals surface area contributed by atoms with Gasteiger partial charge in [0.25, 0.3) is 0 Å². The van der Waals surface area contributed by atoms with E-state index < -0.39 is 6.67 Å². The van der Waals surface area contributed by atoms with E-state index in [2.05, 4.69) is 5.32 Å². The highest BCUT2D eigenvalue weighted by Gasteiger charge is 2.00. The van der Waals surface area contributed by atoms with Crippen LogP contribution in [-0.2, 0) is 6.54 Å². The maximum atomic E-state index is 12.0. The molecule has 4 nitrogen and oxygen atoms in total. The van der Waals surface area contributed by atoms with E-state index in [9.17, 15) is 4.39 Å². The molecule has 4 N–H and O–H groups in total. The van der Waals surface area contributed by atoms with Crippen molar-refractivity contribution in [1.29, 1.82) is 5.41 Å². The lowest BCUT2D eigenvalue weighted by atomic mass is 10.1. The maximum absolute atomic E-state index is 12.0. The maximum Gasteiger partial charge on any atom is 0.185 e. The molecule has 0 amide bonds. The molecule has 0 fully saturated rings. The van der Waals surface area contributed by atoms with Crippen molar-refractivity contribution < 1.29 is 9.13 Å². The van der Waals surface area contributed by atoms with Gasteiger partial charge in [0.05, 0.1) is 0 Å². The van der Waals surface area contributed by atoms with E-state index in [1.54, 1.807) is 0 Å². The molecule has 0 saturated heterocycles. The second kappa shape index (κ2) is 6.04. The van der Waals surface area contributed by atoms with E-state index in [-0.39, 0.29) is 12.6 Å². The topological polar surface area (TPSA) is 71.1 Å². The Morgan fingerprint density at radius 1 is 1.21 bits per heavy atom. The molecule has 100 valence electrons. The first-order valence-corrected chi connectivity index (χ1v) is 5.98. The molecule has 2 rings (SSSR count). The number of nitrogens with one attached hydrogen (secondary N) is 2. The van der Waals surface area contributed by atoms with Gasteiger partial charge in [-0.2, -0.15) is 0 Å². The molecule has 0 atom stereocenters. The third kappa shape index (κ3) is 3.58. The van der Waals surface area contributed by atoms with Crippen LogP contribution >= 0.6 is 0 Å². The molecule has 0 aliphatic rings. The number of alkyl halides is 1. The summed E-state index contributed by atoms with van der Waals surface area (Å²) in [6.45, 7) is 0.102. The summed E-state index contributed by atoms with van der Waals surface area (Å²) in [6, 6.07) is 11.6. The number of benzene rings is 2. The first-order chi connectivity index (χ1) is 9.19. The molecule has 5 heteroatoms. The first kappa shape index (κ1) is 13.1. The largest absolute Gasteiger partial charge is 0.491 e. The van der Waals surface area contributed by atoms with E-state index in [1.807, 2.05) is 36.4 Å². The fraction of sp³-hybridized carbons (Fsp3) is 0.214. The summed E-state index contributed by atoms with van der Waals surface area (Å²) in [5, 5.41) is 12.0. The molecule has 0 radical (unpaired) electrons. The molecular formula is C14H16FN3O. The van der Waals surface area contributed by atoms with E-state index in [0.717, 1.165) is 16.3 Å². The van der Waals surface area contributed by atoms with Crippen LogP contribution in [0.15, 0.2) is 36.4 Å². The van der Waals surface area contributed by atoms with Gasteiger partial charge >= 0.3 is 0 Å². The van der Waals surface area contributed by atoms with Crippen LogP contribution in [0, 0.1) is 5.41 Å². The zero-order valence-corrected chi connectivity index (χ0v) is 10.4. The Labute approximate surface area is 110 Å². The molecule has 0 unspecified atom stereocenters. The lowest BCUT2D eigenvalue weighted by Crippen LogP contribution is -2.29. The molecule has 0 aliphatic carbocycles. The van der Waals surface area contributed by atoms with Crippen LogP contribution in [0.3, 0.4) is 0 Å². The van der Waals surface area contributed by atoms with Crippen molar-refractivity contribution in [3.8, 4) is 5.75 Å². The second-order valence-corrected chi connectivity index (χ2v) is 4.15. The Balaban J connectivity index is 2.17. The van der Waals surface area contributed by atoms with Crippen LogP contribution in [0.4, 0.5) is 4.39 Å². The van der Waals surface area contributed by atoms with Crippen molar-refractivity contribution in [3.63, 3.8) is 0 Å². The molecule has 2 aromatic rings. The van der Waals surface area contributed by atoms with E-state index in [4.69, 9.17) is 15.9 Å². The van der Waals surface area contributed by atoms with Gasteiger partial charge in [0.2, 0.25) is 0 Å². The monoisotopic (exact) mass is 261 g/mol. The number of nitrogens with two attached hydrogens (primary N) is 1. The Morgan fingerprint density at radius 2 is 1.95 bits per heavy atom. The lowest BCUT2D eigenvalue weighted by molar-refractivity contribution is 0.273. The number of hydrogen-bond acceptors (Lipinski definition) is 2. The summed E-state index contributed by atoms with van der Waals surface area (Å²) in [5.41, 5.74) is 6.29. The number of hydrogen-bond donors (Lipinski definition) is 3. The standard InChI is InChI=1S/C14H16FN3O/c15-5-6-19-13-4-3-11-7-10(9-18-14(16)17)1-2-12(11)8-13/h1-4,7-8H,5-6,9H2,(H4,16,17,18). The van der Waals surface area contributed by atoms with Crippen LogP contribution in [-0.4, -0.2) is 19.2 Å². The fourth-order valence-electron chi connectivity index (χ4n) is 1.83. The lowest BCUT2D eigenvalue weighted by Gasteiger charge is -2.08. The van der Waals surface area contributed by atoms with Crippen molar-refractivity contribution in [2.75, 3.05) is 13.3 Å². The number of fused-ring (bicyclic) bond motifs is 1.